The highest BCUT2D eigenvalue weighted by molar-refractivity contribution is 8.16. The topological polar surface area (TPSA) is 98.8 Å². The predicted molar refractivity (Wildman–Crippen MR) is 82.4 cm³/mol. The lowest BCUT2D eigenvalue weighted by Gasteiger charge is -2.18. The van der Waals surface area contributed by atoms with E-state index >= 15 is 0 Å². The molecule has 0 fully saturated rings. The van der Waals surface area contributed by atoms with Crippen LogP contribution in [0, 0.1) is 0 Å². The minimum Gasteiger partial charge on any atom is -0.380 e. The van der Waals surface area contributed by atoms with Crippen LogP contribution in [0.25, 0.3) is 0 Å². The number of rotatable bonds is 4. The molecule has 0 radical (unpaired) electrons. The zero-order chi connectivity index (χ0) is 15.5. The third-order valence-electron chi connectivity index (χ3n) is 2.81. The summed E-state index contributed by atoms with van der Waals surface area (Å²) in [6.07, 6.45) is 1.19. The summed E-state index contributed by atoms with van der Waals surface area (Å²) in [6, 6.07) is 8.61. The molecule has 1 aromatic rings. The van der Waals surface area contributed by atoms with Crippen molar-refractivity contribution in [1.82, 2.24) is 0 Å². The molecule has 9 heteroatoms. The maximum Gasteiger partial charge on any atom is 0.362 e. The Labute approximate surface area is 130 Å². The fraction of sp³-hybridized carbons (Fsp3) is 0.167. The summed E-state index contributed by atoms with van der Waals surface area (Å²) in [5.41, 5.74) is 6.21. The number of oxime groups is 1. The lowest BCUT2D eigenvalue weighted by molar-refractivity contribution is -0.144. The SMILES string of the molecule is N/C(=N\OC(=O)C1(S(=O)(=O)Cl)C=CSC1)c1ccccc1. The van der Waals surface area contributed by atoms with Crippen molar-refractivity contribution in [2.24, 2.45) is 10.9 Å². The van der Waals surface area contributed by atoms with Crippen molar-refractivity contribution >= 4 is 43.3 Å². The van der Waals surface area contributed by atoms with Crippen LogP contribution in [0.4, 0.5) is 0 Å². The molecule has 1 aliphatic heterocycles. The highest BCUT2D eigenvalue weighted by atomic mass is 35.7. The second-order valence-corrected chi connectivity index (χ2v) is 7.88. The molecule has 1 heterocycles. The third kappa shape index (κ3) is 3.22. The van der Waals surface area contributed by atoms with Crippen LogP contribution in [-0.4, -0.2) is 30.7 Å². The number of carbonyl (C=O) groups is 1. The number of nitrogens with zero attached hydrogens (tertiary/aromatic N) is 1. The van der Waals surface area contributed by atoms with Crippen molar-refractivity contribution in [3.63, 3.8) is 0 Å². The summed E-state index contributed by atoms with van der Waals surface area (Å²) in [5.74, 6) is -1.18. The van der Waals surface area contributed by atoms with Crippen LogP contribution in [0.1, 0.15) is 5.56 Å². The standard InChI is InChI=1S/C12H11ClN2O4S2/c13-21(17,18)12(6-7-20-8-12)11(16)19-15-10(14)9-4-2-1-3-5-9/h1-7H,8H2,(H2,14,15). The Balaban J connectivity index is 2.20. The number of hydrogen-bond acceptors (Lipinski definition) is 6. The zero-order valence-corrected chi connectivity index (χ0v) is 13.0. The number of amidine groups is 1. The van der Waals surface area contributed by atoms with Gasteiger partial charge < -0.3 is 10.6 Å². The van der Waals surface area contributed by atoms with Crippen molar-refractivity contribution in [1.29, 1.82) is 0 Å². The largest absolute Gasteiger partial charge is 0.380 e. The molecule has 1 aliphatic rings. The monoisotopic (exact) mass is 346 g/mol. The van der Waals surface area contributed by atoms with Crippen LogP contribution in [0.5, 0.6) is 0 Å². The van der Waals surface area contributed by atoms with Crippen LogP contribution in [0.3, 0.4) is 0 Å². The Morgan fingerprint density at radius 1 is 1.38 bits per heavy atom. The quantitative estimate of drug-likeness (QED) is 0.291. The number of thioether (sulfide) groups is 1. The lowest BCUT2D eigenvalue weighted by Crippen LogP contribution is -2.44. The highest BCUT2D eigenvalue weighted by Gasteiger charge is 2.52. The Kier molecular flexibility index (Phi) is 4.60. The fourth-order valence-electron chi connectivity index (χ4n) is 1.59. The molecule has 1 atom stereocenters. The Bertz CT molecular complexity index is 703. The van der Waals surface area contributed by atoms with Crippen LogP contribution in [-0.2, 0) is 18.7 Å². The summed E-state index contributed by atoms with van der Waals surface area (Å²) in [6.45, 7) is 0. The molecule has 0 saturated heterocycles. The summed E-state index contributed by atoms with van der Waals surface area (Å²) in [5, 5.41) is 4.95. The van der Waals surface area contributed by atoms with Gasteiger partial charge in [-0.2, -0.15) is 0 Å². The molecule has 1 unspecified atom stereocenters. The van der Waals surface area contributed by atoms with Crippen molar-refractivity contribution in [3.05, 3.63) is 47.4 Å². The van der Waals surface area contributed by atoms with Gasteiger partial charge in [-0.1, -0.05) is 35.5 Å². The summed E-state index contributed by atoms with van der Waals surface area (Å²) in [4.78, 5) is 16.7. The second-order valence-electron chi connectivity index (χ2n) is 4.16. The van der Waals surface area contributed by atoms with E-state index in [1.54, 1.807) is 30.3 Å². The Morgan fingerprint density at radius 2 is 2.05 bits per heavy atom. The molecule has 0 aromatic heterocycles. The molecule has 1 aromatic carbocycles. The second kappa shape index (κ2) is 6.08. The normalized spacial score (nSPS) is 22.2. The van der Waals surface area contributed by atoms with E-state index in [2.05, 4.69) is 9.99 Å². The molecular formula is C12H11ClN2O4S2. The van der Waals surface area contributed by atoms with E-state index in [1.165, 1.54) is 11.5 Å². The van der Waals surface area contributed by atoms with E-state index in [1.807, 2.05) is 0 Å². The Hall–Kier alpha value is -1.51. The van der Waals surface area contributed by atoms with Gasteiger partial charge in [0.05, 0.1) is 0 Å². The van der Waals surface area contributed by atoms with Gasteiger partial charge in [-0.15, -0.1) is 11.8 Å². The average Bonchev–Trinajstić information content (AvgIpc) is 2.96. The molecule has 0 aliphatic carbocycles. The third-order valence-corrected chi connectivity index (χ3v) is 6.08. The minimum absolute atomic E-state index is 0.0410. The van der Waals surface area contributed by atoms with Gasteiger partial charge in [-0.3, -0.25) is 0 Å². The van der Waals surface area contributed by atoms with E-state index in [4.69, 9.17) is 16.4 Å². The lowest BCUT2D eigenvalue weighted by atomic mass is 10.2. The first-order valence-corrected chi connectivity index (χ1v) is 9.06. The van der Waals surface area contributed by atoms with Gasteiger partial charge in [0.25, 0.3) is 9.05 Å². The molecule has 112 valence electrons. The molecular weight excluding hydrogens is 336 g/mol. The van der Waals surface area contributed by atoms with Crippen molar-refractivity contribution in [3.8, 4) is 0 Å². The average molecular weight is 347 g/mol. The van der Waals surface area contributed by atoms with Crippen LogP contribution in [0.2, 0.25) is 0 Å². The number of benzene rings is 1. The predicted octanol–water partition coefficient (Wildman–Crippen LogP) is 1.42. The smallest absolute Gasteiger partial charge is 0.362 e. The van der Waals surface area contributed by atoms with Crippen molar-refractivity contribution in [2.75, 3.05) is 5.75 Å². The molecule has 0 amide bonds. The van der Waals surface area contributed by atoms with Gasteiger partial charge in [-0.05, 0) is 11.5 Å². The number of nitrogens with two attached hydrogens (primary N) is 1. The van der Waals surface area contributed by atoms with E-state index in [0.29, 0.717) is 5.56 Å². The van der Waals surface area contributed by atoms with Gasteiger partial charge >= 0.3 is 5.97 Å². The fourth-order valence-corrected chi connectivity index (χ4v) is 4.54. The maximum absolute atomic E-state index is 12.0. The first kappa shape index (κ1) is 15.9. The van der Waals surface area contributed by atoms with Gasteiger partial charge in [0.1, 0.15) is 0 Å². The molecule has 21 heavy (non-hydrogen) atoms. The molecule has 2 rings (SSSR count). The van der Waals surface area contributed by atoms with Crippen LogP contribution >= 0.6 is 22.4 Å². The summed E-state index contributed by atoms with van der Waals surface area (Å²) < 4.78 is 21.3. The van der Waals surface area contributed by atoms with E-state index < -0.39 is 19.8 Å². The number of halogens is 1. The highest BCUT2D eigenvalue weighted by Crippen LogP contribution is 2.35. The molecule has 0 saturated carbocycles. The molecule has 0 bridgehead atoms. The van der Waals surface area contributed by atoms with Crippen LogP contribution in [0.15, 0.2) is 47.0 Å². The van der Waals surface area contributed by atoms with E-state index in [0.717, 1.165) is 11.8 Å². The van der Waals surface area contributed by atoms with Gasteiger partial charge in [-0.25, -0.2) is 13.2 Å². The van der Waals surface area contributed by atoms with Crippen molar-refractivity contribution in [2.45, 2.75) is 4.75 Å². The first-order valence-electron chi connectivity index (χ1n) is 5.71. The van der Waals surface area contributed by atoms with E-state index in [9.17, 15) is 13.2 Å². The first-order chi connectivity index (χ1) is 9.87. The van der Waals surface area contributed by atoms with Gasteiger partial charge in [0, 0.05) is 22.0 Å². The number of carbonyl (C=O) groups excluding carboxylic acids is 1. The van der Waals surface area contributed by atoms with Crippen LogP contribution < -0.4 is 5.73 Å². The molecule has 2 N–H and O–H groups in total. The van der Waals surface area contributed by atoms with E-state index in [-0.39, 0.29) is 11.6 Å². The van der Waals surface area contributed by atoms with Crippen molar-refractivity contribution < 1.29 is 18.0 Å². The zero-order valence-electron chi connectivity index (χ0n) is 10.6. The number of hydrogen-bond donors (Lipinski definition) is 1. The van der Waals surface area contributed by atoms with Gasteiger partial charge in [0.15, 0.2) is 5.84 Å². The Morgan fingerprint density at radius 3 is 2.57 bits per heavy atom. The minimum atomic E-state index is -4.20. The molecule has 0 spiro atoms. The molecule has 6 nitrogen and oxygen atoms in total. The summed E-state index contributed by atoms with van der Waals surface area (Å²) in [7, 11) is 1.15. The summed E-state index contributed by atoms with van der Waals surface area (Å²) >= 11 is 1.14. The van der Waals surface area contributed by atoms with Gasteiger partial charge in [0.2, 0.25) is 4.75 Å². The maximum atomic E-state index is 12.0.